The number of guanidine groups is 1. The lowest BCUT2D eigenvalue weighted by molar-refractivity contribution is 0.729. The molecule has 0 aliphatic heterocycles. The maximum Gasteiger partial charge on any atom is 0.191 e. The summed E-state index contributed by atoms with van der Waals surface area (Å²) in [6.07, 6.45) is 4.39. The predicted octanol–water partition coefficient (Wildman–Crippen LogP) is 2.50. The van der Waals surface area contributed by atoms with E-state index in [2.05, 4.69) is 58.0 Å². The Bertz CT molecular complexity index is 600. The molecule has 2 rings (SSSR count). The van der Waals surface area contributed by atoms with Crippen LogP contribution in [0.2, 0.25) is 0 Å². The molecular formula is C16H25N5. The van der Waals surface area contributed by atoms with Gasteiger partial charge < -0.3 is 15.0 Å². The van der Waals surface area contributed by atoms with E-state index in [1.807, 2.05) is 12.1 Å². The lowest BCUT2D eigenvalue weighted by atomic mass is 10.3. The Balaban J connectivity index is 2.06. The molecule has 2 aromatic heterocycles. The van der Waals surface area contributed by atoms with Gasteiger partial charge in [0, 0.05) is 25.0 Å². The number of unbranched alkanes of at least 4 members (excludes halogenated alkanes) is 1. The molecule has 0 aromatic carbocycles. The van der Waals surface area contributed by atoms with E-state index >= 15 is 0 Å². The molecule has 5 heteroatoms. The Hall–Kier alpha value is -2.04. The number of aliphatic imine (C=N–C) groups is 1. The fourth-order valence-electron chi connectivity index (χ4n) is 2.16. The zero-order valence-electron chi connectivity index (χ0n) is 13.2. The number of fused-ring (bicyclic) bond motifs is 1. The Morgan fingerprint density at radius 3 is 2.86 bits per heavy atom. The number of aromatic nitrogens is 2. The Morgan fingerprint density at radius 2 is 2.14 bits per heavy atom. The van der Waals surface area contributed by atoms with Gasteiger partial charge in [0.25, 0.3) is 0 Å². The van der Waals surface area contributed by atoms with Gasteiger partial charge in [-0.1, -0.05) is 19.4 Å². The molecule has 0 spiro atoms. The van der Waals surface area contributed by atoms with Crippen LogP contribution in [0.4, 0.5) is 0 Å². The minimum atomic E-state index is 0.586. The van der Waals surface area contributed by atoms with Crippen molar-refractivity contribution < 1.29 is 0 Å². The third kappa shape index (κ3) is 4.21. The van der Waals surface area contributed by atoms with Crippen molar-refractivity contribution in [3.8, 4) is 0 Å². The van der Waals surface area contributed by atoms with Crippen LogP contribution in [-0.2, 0) is 6.54 Å². The fourth-order valence-corrected chi connectivity index (χ4v) is 2.16. The molecule has 0 bridgehead atoms. The summed E-state index contributed by atoms with van der Waals surface area (Å²) in [7, 11) is 0. The SMILES string of the molecule is CCCCNC(=NCc1cn2c(C)cccc2n1)NCC. The Kier molecular flexibility index (Phi) is 5.60. The molecule has 0 saturated carbocycles. The van der Waals surface area contributed by atoms with Gasteiger partial charge in [0.1, 0.15) is 5.65 Å². The lowest BCUT2D eigenvalue weighted by Gasteiger charge is -2.10. The second-order valence-electron chi connectivity index (χ2n) is 5.10. The molecule has 2 aromatic rings. The molecule has 0 atom stereocenters. The first-order chi connectivity index (χ1) is 10.2. The van der Waals surface area contributed by atoms with Gasteiger partial charge in [-0.15, -0.1) is 0 Å². The number of hydrogen-bond donors (Lipinski definition) is 2. The molecule has 2 N–H and O–H groups in total. The Morgan fingerprint density at radius 1 is 1.29 bits per heavy atom. The van der Waals surface area contributed by atoms with Crippen molar-refractivity contribution in [2.75, 3.05) is 13.1 Å². The highest BCUT2D eigenvalue weighted by Crippen LogP contribution is 2.09. The van der Waals surface area contributed by atoms with E-state index in [0.717, 1.165) is 36.8 Å². The molecule has 0 fully saturated rings. The third-order valence-electron chi connectivity index (χ3n) is 3.31. The highest BCUT2D eigenvalue weighted by molar-refractivity contribution is 5.79. The molecule has 0 saturated heterocycles. The fraction of sp³-hybridized carbons (Fsp3) is 0.500. The third-order valence-corrected chi connectivity index (χ3v) is 3.31. The molecule has 5 nitrogen and oxygen atoms in total. The first-order valence-electron chi connectivity index (χ1n) is 7.70. The van der Waals surface area contributed by atoms with Gasteiger partial charge in [0.05, 0.1) is 12.2 Å². The lowest BCUT2D eigenvalue weighted by Crippen LogP contribution is -2.37. The summed E-state index contributed by atoms with van der Waals surface area (Å²) >= 11 is 0. The van der Waals surface area contributed by atoms with E-state index in [-0.39, 0.29) is 0 Å². The highest BCUT2D eigenvalue weighted by atomic mass is 15.2. The van der Waals surface area contributed by atoms with Gasteiger partial charge in [-0.25, -0.2) is 9.98 Å². The van der Waals surface area contributed by atoms with E-state index in [9.17, 15) is 0 Å². The minimum Gasteiger partial charge on any atom is -0.357 e. The molecule has 0 radical (unpaired) electrons. The van der Waals surface area contributed by atoms with Gasteiger partial charge in [-0.2, -0.15) is 0 Å². The van der Waals surface area contributed by atoms with E-state index in [0.29, 0.717) is 6.54 Å². The summed E-state index contributed by atoms with van der Waals surface area (Å²) in [6, 6.07) is 6.13. The summed E-state index contributed by atoms with van der Waals surface area (Å²) in [5, 5.41) is 6.60. The maximum atomic E-state index is 4.60. The smallest absolute Gasteiger partial charge is 0.191 e. The van der Waals surface area contributed by atoms with Crippen LogP contribution in [0.5, 0.6) is 0 Å². The van der Waals surface area contributed by atoms with Crippen molar-refractivity contribution in [1.29, 1.82) is 0 Å². The molecule has 0 unspecified atom stereocenters. The number of hydrogen-bond acceptors (Lipinski definition) is 2. The van der Waals surface area contributed by atoms with E-state index in [1.54, 1.807) is 0 Å². The first-order valence-corrected chi connectivity index (χ1v) is 7.70. The standard InChI is InChI=1S/C16H25N5/c1-4-6-10-18-16(17-5-2)19-11-14-12-21-13(3)8-7-9-15(21)20-14/h7-9,12H,4-6,10-11H2,1-3H3,(H2,17,18,19). The summed E-state index contributed by atoms with van der Waals surface area (Å²) in [4.78, 5) is 9.20. The van der Waals surface area contributed by atoms with Crippen LogP contribution in [0.1, 0.15) is 38.1 Å². The van der Waals surface area contributed by atoms with Crippen LogP contribution in [0, 0.1) is 6.92 Å². The van der Waals surface area contributed by atoms with Crippen molar-refractivity contribution in [3.63, 3.8) is 0 Å². The van der Waals surface area contributed by atoms with Gasteiger partial charge in [-0.3, -0.25) is 0 Å². The molecule has 21 heavy (non-hydrogen) atoms. The van der Waals surface area contributed by atoms with Gasteiger partial charge in [0.15, 0.2) is 5.96 Å². The van der Waals surface area contributed by atoms with Crippen LogP contribution in [0.3, 0.4) is 0 Å². The second kappa shape index (κ2) is 7.67. The highest BCUT2D eigenvalue weighted by Gasteiger charge is 2.03. The van der Waals surface area contributed by atoms with Gasteiger partial charge in [-0.05, 0) is 32.4 Å². The van der Waals surface area contributed by atoms with Crippen LogP contribution in [0.25, 0.3) is 5.65 Å². The number of imidazole rings is 1. The molecule has 0 amide bonds. The van der Waals surface area contributed by atoms with Crippen LogP contribution >= 0.6 is 0 Å². The minimum absolute atomic E-state index is 0.586. The van der Waals surface area contributed by atoms with Crippen LogP contribution < -0.4 is 10.6 Å². The largest absolute Gasteiger partial charge is 0.357 e. The average molecular weight is 287 g/mol. The molecule has 114 valence electrons. The van der Waals surface area contributed by atoms with Crippen molar-refractivity contribution >= 4 is 11.6 Å². The van der Waals surface area contributed by atoms with Gasteiger partial charge in [0.2, 0.25) is 0 Å². The monoisotopic (exact) mass is 287 g/mol. The maximum absolute atomic E-state index is 4.60. The number of rotatable bonds is 6. The predicted molar refractivity (Wildman–Crippen MR) is 87.7 cm³/mol. The number of nitrogens with zero attached hydrogens (tertiary/aromatic N) is 3. The summed E-state index contributed by atoms with van der Waals surface area (Å²) in [6.45, 7) is 8.74. The van der Waals surface area contributed by atoms with Gasteiger partial charge >= 0.3 is 0 Å². The van der Waals surface area contributed by atoms with Crippen molar-refractivity contribution in [2.45, 2.75) is 40.2 Å². The van der Waals surface area contributed by atoms with Crippen molar-refractivity contribution in [1.82, 2.24) is 20.0 Å². The van der Waals surface area contributed by atoms with E-state index in [4.69, 9.17) is 0 Å². The number of aryl methyl sites for hydroxylation is 1. The molecular weight excluding hydrogens is 262 g/mol. The van der Waals surface area contributed by atoms with Crippen LogP contribution in [-0.4, -0.2) is 28.4 Å². The average Bonchev–Trinajstić information content (AvgIpc) is 2.89. The zero-order chi connectivity index (χ0) is 15.1. The summed E-state index contributed by atoms with van der Waals surface area (Å²) < 4.78 is 2.10. The van der Waals surface area contributed by atoms with Crippen LogP contribution in [0.15, 0.2) is 29.4 Å². The quantitative estimate of drug-likeness (QED) is 0.487. The van der Waals surface area contributed by atoms with E-state index < -0.39 is 0 Å². The number of nitrogens with one attached hydrogen (secondary N) is 2. The van der Waals surface area contributed by atoms with Crippen molar-refractivity contribution in [3.05, 3.63) is 35.8 Å². The second-order valence-corrected chi connectivity index (χ2v) is 5.10. The number of pyridine rings is 1. The van der Waals surface area contributed by atoms with Crippen molar-refractivity contribution in [2.24, 2.45) is 4.99 Å². The molecule has 0 aliphatic rings. The normalized spacial score (nSPS) is 11.9. The Labute approximate surface area is 126 Å². The zero-order valence-corrected chi connectivity index (χ0v) is 13.2. The summed E-state index contributed by atoms with van der Waals surface area (Å²) in [5.74, 6) is 0.861. The summed E-state index contributed by atoms with van der Waals surface area (Å²) in [5.41, 5.74) is 3.14. The topological polar surface area (TPSA) is 53.7 Å². The first kappa shape index (κ1) is 15.4. The molecule has 0 aliphatic carbocycles. The van der Waals surface area contributed by atoms with E-state index in [1.165, 1.54) is 12.1 Å². The molecule has 2 heterocycles.